The van der Waals surface area contributed by atoms with E-state index in [9.17, 15) is 9.59 Å². The van der Waals surface area contributed by atoms with Gasteiger partial charge in [-0.25, -0.2) is 0 Å². The normalized spacial score (nSPS) is 21.4. The average molecular weight is 401 g/mol. The Balaban J connectivity index is 1.72. The van der Waals surface area contributed by atoms with Crippen molar-refractivity contribution in [1.82, 2.24) is 10.2 Å². The minimum atomic E-state index is -0.405. The first kappa shape index (κ1) is 21.7. The molecule has 0 radical (unpaired) electrons. The van der Waals surface area contributed by atoms with Crippen molar-refractivity contribution in [1.29, 1.82) is 0 Å². The molecule has 5 nitrogen and oxygen atoms in total. The van der Waals surface area contributed by atoms with Gasteiger partial charge in [0.05, 0.1) is 12.5 Å². The van der Waals surface area contributed by atoms with E-state index in [1.807, 2.05) is 19.1 Å². The van der Waals surface area contributed by atoms with Gasteiger partial charge >= 0.3 is 0 Å². The zero-order valence-electron chi connectivity index (χ0n) is 18.0. The van der Waals surface area contributed by atoms with Crippen molar-refractivity contribution in [3.63, 3.8) is 0 Å². The first-order valence-electron chi connectivity index (χ1n) is 11.3. The van der Waals surface area contributed by atoms with Crippen LogP contribution < -0.4 is 10.1 Å². The number of hydrogen-bond donors (Lipinski definition) is 1. The number of hydrogen-bond acceptors (Lipinski definition) is 3. The van der Waals surface area contributed by atoms with Crippen molar-refractivity contribution in [3.8, 4) is 5.75 Å². The molecule has 5 heteroatoms. The summed E-state index contributed by atoms with van der Waals surface area (Å²) in [5.41, 5.74) is 0.721. The predicted octanol–water partition coefficient (Wildman–Crippen LogP) is 4.05. The maximum atomic E-state index is 13.8. The third-order valence-electron chi connectivity index (χ3n) is 6.63. The topological polar surface area (TPSA) is 58.6 Å². The number of carbonyl (C=O) groups is 2. The summed E-state index contributed by atoms with van der Waals surface area (Å²) in [6.07, 6.45) is 8.78. The Bertz CT molecular complexity index is 680. The van der Waals surface area contributed by atoms with Crippen molar-refractivity contribution in [2.24, 2.45) is 5.92 Å². The third kappa shape index (κ3) is 5.12. The molecule has 1 N–H and O–H groups in total. The molecule has 0 aromatic heterocycles. The standard InChI is InChI=1S/C24H36N2O3/c1-3-8-22(27)25-17-19-9-7-16-26(18-19)23(28)24(14-5-4-6-15-24)20-10-12-21(29-2)13-11-20/h10-13,19H,3-9,14-18H2,1-2H3,(H,25,27). The Morgan fingerprint density at radius 2 is 1.86 bits per heavy atom. The Morgan fingerprint density at radius 3 is 2.52 bits per heavy atom. The lowest BCUT2D eigenvalue weighted by atomic mass is 9.68. The molecule has 3 rings (SSSR count). The number of benzene rings is 1. The van der Waals surface area contributed by atoms with Crippen LogP contribution in [0.3, 0.4) is 0 Å². The first-order chi connectivity index (χ1) is 14.1. The van der Waals surface area contributed by atoms with Crippen LogP contribution in [0.15, 0.2) is 24.3 Å². The number of likely N-dealkylation sites (tertiary alicyclic amines) is 1. The van der Waals surface area contributed by atoms with Crippen LogP contribution in [-0.4, -0.2) is 43.5 Å². The number of rotatable bonds is 7. The summed E-state index contributed by atoms with van der Waals surface area (Å²) in [4.78, 5) is 27.7. The van der Waals surface area contributed by atoms with E-state index in [1.54, 1.807) is 7.11 Å². The van der Waals surface area contributed by atoms with Crippen molar-refractivity contribution >= 4 is 11.8 Å². The van der Waals surface area contributed by atoms with Crippen LogP contribution in [0, 0.1) is 5.92 Å². The average Bonchev–Trinajstić information content (AvgIpc) is 2.78. The molecule has 1 saturated heterocycles. The summed E-state index contributed by atoms with van der Waals surface area (Å²) in [5, 5.41) is 3.06. The van der Waals surface area contributed by atoms with Crippen LogP contribution in [0.2, 0.25) is 0 Å². The quantitative estimate of drug-likeness (QED) is 0.751. The van der Waals surface area contributed by atoms with E-state index < -0.39 is 5.41 Å². The maximum absolute atomic E-state index is 13.8. The van der Waals surface area contributed by atoms with Crippen molar-refractivity contribution < 1.29 is 14.3 Å². The van der Waals surface area contributed by atoms with E-state index in [1.165, 1.54) is 6.42 Å². The lowest BCUT2D eigenvalue weighted by Crippen LogP contribution is -2.52. The molecule has 2 amide bonds. The van der Waals surface area contributed by atoms with Crippen molar-refractivity contribution in [2.45, 2.75) is 70.1 Å². The molecule has 1 aromatic rings. The predicted molar refractivity (Wildman–Crippen MR) is 115 cm³/mol. The lowest BCUT2D eigenvalue weighted by Gasteiger charge is -2.43. The van der Waals surface area contributed by atoms with Crippen LogP contribution in [0.25, 0.3) is 0 Å². The summed E-state index contributed by atoms with van der Waals surface area (Å²) in [7, 11) is 1.67. The first-order valence-corrected chi connectivity index (χ1v) is 11.3. The van der Waals surface area contributed by atoms with Gasteiger partial charge in [0.2, 0.25) is 11.8 Å². The van der Waals surface area contributed by atoms with Crippen LogP contribution in [-0.2, 0) is 15.0 Å². The Kier molecular flexibility index (Phi) is 7.57. The zero-order chi connectivity index (χ0) is 20.7. The van der Waals surface area contributed by atoms with Gasteiger partial charge in [-0.15, -0.1) is 0 Å². The second kappa shape index (κ2) is 10.1. The molecule has 1 atom stereocenters. The smallest absolute Gasteiger partial charge is 0.233 e. The molecule has 1 aromatic carbocycles. The number of piperidine rings is 1. The lowest BCUT2D eigenvalue weighted by molar-refractivity contribution is -0.140. The van der Waals surface area contributed by atoms with Crippen LogP contribution >= 0.6 is 0 Å². The molecule has 2 aliphatic rings. The number of nitrogens with one attached hydrogen (secondary N) is 1. The van der Waals surface area contributed by atoms with Gasteiger partial charge in [0, 0.05) is 26.1 Å². The summed E-state index contributed by atoms with van der Waals surface area (Å²) in [6.45, 7) is 4.28. The fraction of sp³-hybridized carbons (Fsp3) is 0.667. The van der Waals surface area contributed by atoms with Gasteiger partial charge in [0.15, 0.2) is 0 Å². The molecule has 0 spiro atoms. The largest absolute Gasteiger partial charge is 0.497 e. The highest BCUT2D eigenvalue weighted by atomic mass is 16.5. The van der Waals surface area contributed by atoms with Gasteiger partial charge in [0.25, 0.3) is 0 Å². The highest BCUT2D eigenvalue weighted by Gasteiger charge is 2.44. The molecule has 1 aliphatic heterocycles. The van der Waals surface area contributed by atoms with Gasteiger partial charge in [0.1, 0.15) is 5.75 Å². The third-order valence-corrected chi connectivity index (χ3v) is 6.63. The van der Waals surface area contributed by atoms with Crippen LogP contribution in [0.1, 0.15) is 70.3 Å². The summed E-state index contributed by atoms with van der Waals surface area (Å²) in [5.74, 6) is 1.59. The van der Waals surface area contributed by atoms with E-state index in [0.717, 1.165) is 69.3 Å². The van der Waals surface area contributed by atoms with E-state index >= 15 is 0 Å². The fourth-order valence-corrected chi connectivity index (χ4v) is 4.98. The minimum absolute atomic E-state index is 0.123. The van der Waals surface area contributed by atoms with Gasteiger partial charge in [-0.05, 0) is 55.7 Å². The number of amides is 2. The van der Waals surface area contributed by atoms with Gasteiger partial charge in [-0.2, -0.15) is 0 Å². The van der Waals surface area contributed by atoms with E-state index in [4.69, 9.17) is 4.74 Å². The maximum Gasteiger partial charge on any atom is 0.233 e. The van der Waals surface area contributed by atoms with E-state index in [-0.39, 0.29) is 11.8 Å². The zero-order valence-corrected chi connectivity index (χ0v) is 18.0. The molecule has 29 heavy (non-hydrogen) atoms. The molecule has 1 heterocycles. The Labute approximate surface area is 175 Å². The second-order valence-corrected chi connectivity index (χ2v) is 8.68. The summed E-state index contributed by atoms with van der Waals surface area (Å²) in [6, 6.07) is 8.10. The van der Waals surface area contributed by atoms with E-state index in [2.05, 4.69) is 22.3 Å². The van der Waals surface area contributed by atoms with Gasteiger partial charge < -0.3 is 15.0 Å². The molecule has 1 unspecified atom stereocenters. The molecular weight excluding hydrogens is 364 g/mol. The van der Waals surface area contributed by atoms with Gasteiger partial charge in [-0.1, -0.05) is 38.3 Å². The fourth-order valence-electron chi connectivity index (χ4n) is 4.98. The monoisotopic (exact) mass is 400 g/mol. The number of ether oxygens (including phenoxy) is 1. The Morgan fingerprint density at radius 1 is 1.14 bits per heavy atom. The highest BCUT2D eigenvalue weighted by molar-refractivity contribution is 5.88. The molecular formula is C24H36N2O3. The van der Waals surface area contributed by atoms with Crippen LogP contribution in [0.4, 0.5) is 0 Å². The molecule has 0 bridgehead atoms. The minimum Gasteiger partial charge on any atom is -0.497 e. The molecule has 1 aliphatic carbocycles. The number of nitrogens with zero attached hydrogens (tertiary/aromatic N) is 1. The highest BCUT2D eigenvalue weighted by Crippen LogP contribution is 2.42. The van der Waals surface area contributed by atoms with Crippen molar-refractivity contribution in [2.75, 3.05) is 26.7 Å². The summed E-state index contributed by atoms with van der Waals surface area (Å²) >= 11 is 0. The number of methoxy groups -OCH3 is 1. The van der Waals surface area contributed by atoms with E-state index in [0.29, 0.717) is 18.9 Å². The van der Waals surface area contributed by atoms with Crippen molar-refractivity contribution in [3.05, 3.63) is 29.8 Å². The molecule has 1 saturated carbocycles. The molecule has 160 valence electrons. The van der Waals surface area contributed by atoms with Crippen LogP contribution in [0.5, 0.6) is 5.75 Å². The van der Waals surface area contributed by atoms with Gasteiger partial charge in [-0.3, -0.25) is 9.59 Å². The second-order valence-electron chi connectivity index (χ2n) is 8.68. The summed E-state index contributed by atoms with van der Waals surface area (Å²) < 4.78 is 5.31. The SMILES string of the molecule is CCCC(=O)NCC1CCCN(C(=O)C2(c3ccc(OC)cc3)CCCCC2)C1. The molecule has 2 fully saturated rings. The number of carbonyl (C=O) groups excluding carboxylic acids is 2. The Hall–Kier alpha value is -2.04.